The van der Waals surface area contributed by atoms with Crippen molar-refractivity contribution in [2.24, 2.45) is 0 Å². The predicted molar refractivity (Wildman–Crippen MR) is 328 cm³/mol. The van der Waals surface area contributed by atoms with E-state index in [0.717, 1.165) is 12.3 Å². The number of carbonyl (C=O) groups is 1. The summed E-state index contributed by atoms with van der Waals surface area (Å²) in [6.07, 6.45) is 33.7. The van der Waals surface area contributed by atoms with Gasteiger partial charge in [0.2, 0.25) is 0 Å². The number of rotatable bonds is 23. The number of ether oxygens (including phenoxy) is 1. The fourth-order valence-corrected chi connectivity index (χ4v) is 0.258. The minimum Gasteiger partial charge on any atom is -0.501 e. The van der Waals surface area contributed by atoms with Crippen LogP contribution in [0.5, 0.6) is 0 Å². The summed E-state index contributed by atoms with van der Waals surface area (Å²) in [6.45, 7) is 34.3. The average Bonchev–Trinajstić information content (AvgIpc) is 3.58. The van der Waals surface area contributed by atoms with Gasteiger partial charge in [0.25, 0.3) is 0 Å². The third kappa shape index (κ3) is 980. The van der Waals surface area contributed by atoms with Gasteiger partial charge in [0.05, 0.1) is 144 Å². The van der Waals surface area contributed by atoms with Crippen molar-refractivity contribution in [1.29, 1.82) is 0 Å². The molecular formula is C63H123O22. The largest absolute Gasteiger partial charge is 0.501 e. The Labute approximate surface area is 527 Å². The lowest BCUT2D eigenvalue weighted by atomic mass is 10.5. The molecule has 0 aliphatic rings. The van der Waals surface area contributed by atoms with E-state index in [0.29, 0.717) is 6.61 Å². The van der Waals surface area contributed by atoms with Crippen molar-refractivity contribution in [2.45, 2.75) is 138 Å². The van der Waals surface area contributed by atoms with Crippen LogP contribution in [0.15, 0.2) is 12.3 Å². The lowest BCUT2D eigenvalue weighted by molar-refractivity contribution is -0.131. The van der Waals surface area contributed by atoms with E-state index in [1.165, 1.54) is 0 Å². The molecule has 507 valence electrons. The molecule has 0 aliphatic carbocycles. The summed E-state index contributed by atoms with van der Waals surface area (Å²) in [7, 11) is 0. The van der Waals surface area contributed by atoms with Crippen molar-refractivity contribution in [3.8, 4) is 0 Å². The summed E-state index contributed by atoms with van der Waals surface area (Å²) >= 11 is 0. The van der Waals surface area contributed by atoms with Gasteiger partial charge >= 0.3 is 5.97 Å². The van der Waals surface area contributed by atoms with Crippen LogP contribution in [0.3, 0.4) is 0 Å². The lowest BCUT2D eigenvalue weighted by Crippen LogP contribution is -1.89. The normalized spacial score (nSPS) is 7.75. The first-order valence-corrected chi connectivity index (χ1v) is 26.8. The second-order valence-corrected chi connectivity index (χ2v) is 12.3. The number of hydrogen-bond acceptors (Lipinski definition) is 2. The molecule has 0 fully saturated rings. The van der Waals surface area contributed by atoms with Crippen LogP contribution in [0.25, 0.3) is 0 Å². The molecule has 0 aromatic rings. The molecule has 0 unspecified atom stereocenters. The fraction of sp³-hybridized carbons (Fsp3) is 0.635. The Balaban J connectivity index is -0.0000000292. The van der Waals surface area contributed by atoms with Gasteiger partial charge in [0, 0.05) is 0 Å². The van der Waals surface area contributed by atoms with Crippen LogP contribution in [0, 0.1) is 128 Å². The highest BCUT2D eigenvalue weighted by molar-refractivity contribution is 5.79. The molecule has 85 heavy (non-hydrogen) atoms. The van der Waals surface area contributed by atoms with Gasteiger partial charge in [0.15, 0.2) is 0 Å². The van der Waals surface area contributed by atoms with Gasteiger partial charge in [-0.25, -0.2) is 102 Å². The first kappa shape index (κ1) is 141. The van der Waals surface area contributed by atoms with E-state index in [-0.39, 0.29) is 126 Å². The zero-order valence-electron chi connectivity index (χ0n) is 56.4. The summed E-state index contributed by atoms with van der Waals surface area (Å²) in [6, 6.07) is 0. The fourth-order valence-electron chi connectivity index (χ4n) is 0.258. The quantitative estimate of drug-likeness (QED) is 0.0593. The van der Waals surface area contributed by atoms with Crippen LogP contribution in [-0.4, -0.2) is 143 Å². The zero-order chi connectivity index (χ0) is 72.0. The van der Waals surface area contributed by atoms with Gasteiger partial charge in [-0.05, 0) is 128 Å². The Morgan fingerprint density at radius 3 is 0.341 bits per heavy atom. The molecule has 0 saturated heterocycles. The number of carboxylic acid groups (broad SMARTS) is 1. The second-order valence-electron chi connectivity index (χ2n) is 12.3. The number of aliphatic carboxylic acids is 1. The summed E-state index contributed by atoms with van der Waals surface area (Å²) in [5, 5.41) is 184. The molecule has 22 heteroatoms. The van der Waals surface area contributed by atoms with Crippen LogP contribution in [-0.2, 0) is 107 Å². The summed E-state index contributed by atoms with van der Waals surface area (Å²) in [4.78, 5) is 9.79. The molecule has 1 N–H and O–H groups in total. The highest BCUT2D eigenvalue weighted by Gasteiger charge is 1.83. The predicted octanol–water partition coefficient (Wildman–Crippen LogP) is 13.0. The van der Waals surface area contributed by atoms with E-state index in [1.54, 1.807) is 260 Å². The van der Waals surface area contributed by atoms with Crippen LogP contribution in [0.1, 0.15) is 138 Å². The number of hydrogen-bond donors (Lipinski definition) is 1. The van der Waals surface area contributed by atoms with Crippen molar-refractivity contribution >= 4 is 5.97 Å². The van der Waals surface area contributed by atoms with Crippen LogP contribution in [0.4, 0.5) is 0 Å². The summed E-state index contributed by atoms with van der Waals surface area (Å²) in [5.74, 6) is -0.994. The van der Waals surface area contributed by atoms with E-state index in [2.05, 4.69) is 4.74 Å². The topological polar surface area (TPSA) is 425 Å². The Kier molecular flexibility index (Phi) is 459. The van der Waals surface area contributed by atoms with E-state index < -0.39 is 5.97 Å². The van der Waals surface area contributed by atoms with Crippen molar-refractivity contribution in [3.05, 3.63) is 141 Å². The Morgan fingerprint density at radius 2 is 0.294 bits per heavy atom. The van der Waals surface area contributed by atoms with Crippen LogP contribution < -0.4 is 0 Å². The zero-order valence-corrected chi connectivity index (χ0v) is 56.4. The second kappa shape index (κ2) is 277. The Morgan fingerprint density at radius 1 is 0.212 bits per heavy atom. The maximum absolute atomic E-state index is 9.79. The molecular weight excluding hydrogens is 1110 g/mol. The minimum absolute atomic E-state index is 0.0556. The van der Waals surface area contributed by atoms with Crippen LogP contribution >= 0.6 is 0 Å². The first-order valence-electron chi connectivity index (χ1n) is 26.8. The molecule has 0 aliphatic heterocycles. The van der Waals surface area contributed by atoms with E-state index in [1.807, 2.05) is 6.92 Å². The van der Waals surface area contributed by atoms with Gasteiger partial charge in [-0.3, -0.25) is 0 Å². The third-order valence-corrected chi connectivity index (χ3v) is 3.74. The molecule has 0 bridgehead atoms. The van der Waals surface area contributed by atoms with Gasteiger partial charge in [0.1, 0.15) is 0 Å². The average molecular weight is 1230 g/mol. The SMILES string of the molecule is C[CH]COC=CC(=O)O.C[CH]C[O].C[CH]C[O].C[CH]C[O].C[CH]C[O].C[CH]C[O].C[CH]C[O].C[CH]C[O].C[CH]C[O].C[CH]C[O].C[CH]C[O].C[CH]C[O].C[CH]C[O].C[CH]C[O].C[CH]C[O].C[CH]C[O].C[CH]C[O].C[CH]C[O].C[CH]C[O].C[CH]C[O]. The molecule has 0 spiro atoms. The summed E-state index contributed by atoms with van der Waals surface area (Å²) < 4.78 is 4.68. The molecule has 0 aromatic carbocycles. The van der Waals surface area contributed by atoms with Crippen molar-refractivity contribution in [3.63, 3.8) is 0 Å². The Hall–Kier alpha value is -1.75. The van der Waals surface area contributed by atoms with Gasteiger partial charge < -0.3 is 9.84 Å². The van der Waals surface area contributed by atoms with Crippen molar-refractivity contribution in [2.75, 3.05) is 132 Å². The van der Waals surface area contributed by atoms with Crippen LogP contribution in [0.2, 0.25) is 0 Å². The summed E-state index contributed by atoms with van der Waals surface area (Å²) in [5.41, 5.74) is 0. The monoisotopic (exact) mass is 1230 g/mol. The molecule has 22 nitrogen and oxygen atoms in total. The highest BCUT2D eigenvalue weighted by Crippen LogP contribution is 1.80. The molecule has 0 heterocycles. The molecule has 0 rings (SSSR count). The lowest BCUT2D eigenvalue weighted by Gasteiger charge is -1.92. The molecule has 0 aromatic heterocycles. The van der Waals surface area contributed by atoms with Crippen molar-refractivity contribution in [1.82, 2.24) is 0 Å². The highest BCUT2D eigenvalue weighted by atomic mass is 16.5. The smallest absolute Gasteiger partial charge is 0.331 e. The van der Waals surface area contributed by atoms with E-state index >= 15 is 0 Å². The van der Waals surface area contributed by atoms with Gasteiger partial charge in [-0.15, -0.1) is 0 Å². The molecule has 0 saturated carbocycles. The maximum atomic E-state index is 9.79. The molecule has 0 atom stereocenters. The van der Waals surface area contributed by atoms with E-state index in [9.17, 15) is 102 Å². The maximum Gasteiger partial charge on any atom is 0.331 e. The Bertz CT molecular complexity index is 456. The molecule has 0 amide bonds. The molecule has 39 radical (unpaired) electrons. The van der Waals surface area contributed by atoms with Gasteiger partial charge in [-0.1, -0.05) is 138 Å². The first-order chi connectivity index (χ1) is 40.6. The minimum atomic E-state index is -0.994. The van der Waals surface area contributed by atoms with Crippen molar-refractivity contribution < 1.29 is 112 Å². The van der Waals surface area contributed by atoms with E-state index in [4.69, 9.17) is 5.11 Å². The number of carboxylic acids is 1. The standard InChI is InChI=1S/C6H9O3.19C3H6O/c1-2-4-9-5-3-6(7)8;19*1-2-3-4/h2-3,5H,4H2,1H3,(H,7,8);19*2H,3H2,1H3. The van der Waals surface area contributed by atoms with Gasteiger partial charge in [-0.2, -0.15) is 0 Å². The third-order valence-electron chi connectivity index (χ3n) is 3.74.